The van der Waals surface area contributed by atoms with Crippen LogP contribution in [0.1, 0.15) is 74.8 Å². The first-order chi connectivity index (χ1) is 27.4. The minimum absolute atomic E-state index is 0.129. The molecule has 57 heavy (non-hydrogen) atoms. The maximum Gasteiger partial charge on any atom is 0.178 e. The first-order valence-electron chi connectivity index (χ1n) is 19.7. The Morgan fingerprint density at radius 3 is 1.81 bits per heavy atom. The van der Waals surface area contributed by atoms with Gasteiger partial charge in [-0.25, -0.2) is 0 Å². The predicted octanol–water partition coefficient (Wildman–Crippen LogP) is 14.3. The van der Waals surface area contributed by atoms with Gasteiger partial charge >= 0.3 is 0 Å². The molecule has 0 atom stereocenters. The van der Waals surface area contributed by atoms with Crippen LogP contribution in [-0.2, 0) is 11.0 Å². The van der Waals surface area contributed by atoms with Crippen LogP contribution in [0.15, 0.2) is 135 Å². The number of benzene rings is 6. The van der Waals surface area contributed by atoms with Crippen molar-refractivity contribution < 1.29 is 14.2 Å². The average Bonchev–Trinajstić information content (AvgIpc) is 3.47. The predicted molar refractivity (Wildman–Crippen MR) is 242 cm³/mol. The number of methoxy groups -OCH3 is 2. The number of fused-ring (bicyclic) bond motifs is 10. The van der Waals surface area contributed by atoms with E-state index in [4.69, 9.17) is 14.2 Å². The van der Waals surface area contributed by atoms with Crippen LogP contribution in [0.2, 0.25) is 0 Å². The van der Waals surface area contributed by atoms with Gasteiger partial charge in [0.15, 0.2) is 5.60 Å². The van der Waals surface area contributed by atoms with Crippen LogP contribution in [0, 0.1) is 10.8 Å². The summed E-state index contributed by atoms with van der Waals surface area (Å²) in [5.41, 5.74) is 8.08. The Hall–Kier alpha value is -4.23. The minimum Gasteiger partial charge on any atom is -0.497 e. The molecular formula is C51H50O3S3. The maximum atomic E-state index is 7.83. The van der Waals surface area contributed by atoms with Gasteiger partial charge in [-0.1, -0.05) is 94.1 Å². The second-order valence-corrected chi connectivity index (χ2v) is 20.3. The average molecular weight is 807 g/mol. The molecule has 0 bridgehead atoms. The van der Waals surface area contributed by atoms with Gasteiger partial charge in [0, 0.05) is 47.1 Å². The number of rotatable bonds is 8. The van der Waals surface area contributed by atoms with Gasteiger partial charge in [0.25, 0.3) is 0 Å². The monoisotopic (exact) mass is 806 g/mol. The molecule has 0 unspecified atom stereocenters. The van der Waals surface area contributed by atoms with Crippen molar-refractivity contribution >= 4 is 52.1 Å². The van der Waals surface area contributed by atoms with Crippen molar-refractivity contribution in [1.82, 2.24) is 0 Å². The van der Waals surface area contributed by atoms with Gasteiger partial charge in [0.2, 0.25) is 0 Å². The minimum atomic E-state index is -0.903. The number of thioether (sulfide) groups is 2. The molecular weight excluding hydrogens is 757 g/mol. The van der Waals surface area contributed by atoms with Crippen LogP contribution in [-0.4, -0.2) is 26.7 Å². The van der Waals surface area contributed by atoms with E-state index in [1.54, 1.807) is 26.0 Å². The molecule has 0 N–H and O–H groups in total. The highest BCUT2D eigenvalue weighted by Crippen LogP contribution is 2.67. The van der Waals surface area contributed by atoms with Gasteiger partial charge in [-0.05, 0) is 137 Å². The van der Waals surface area contributed by atoms with Crippen LogP contribution >= 0.6 is 35.3 Å². The smallest absolute Gasteiger partial charge is 0.178 e. The van der Waals surface area contributed by atoms with Crippen molar-refractivity contribution in [3.63, 3.8) is 0 Å². The van der Waals surface area contributed by atoms with Crippen LogP contribution in [0.4, 0.5) is 0 Å². The van der Waals surface area contributed by atoms with Gasteiger partial charge in [0.05, 0.1) is 14.2 Å². The molecule has 1 heterocycles. The van der Waals surface area contributed by atoms with Crippen molar-refractivity contribution in [2.45, 2.75) is 77.6 Å². The zero-order valence-electron chi connectivity index (χ0n) is 34.1. The van der Waals surface area contributed by atoms with E-state index in [0.29, 0.717) is 0 Å². The highest BCUT2D eigenvalue weighted by molar-refractivity contribution is 8.02. The van der Waals surface area contributed by atoms with Crippen LogP contribution in [0.3, 0.4) is 0 Å². The van der Waals surface area contributed by atoms with E-state index in [1.807, 2.05) is 47.8 Å². The van der Waals surface area contributed by atoms with Crippen molar-refractivity contribution in [2.24, 2.45) is 10.8 Å². The molecule has 1 fully saturated rings. The Bertz CT molecular complexity index is 2470. The molecule has 6 heteroatoms. The second-order valence-electron chi connectivity index (χ2n) is 17.4. The number of hydrogen-bond donors (Lipinski definition) is 0. The quantitative estimate of drug-likeness (QED) is 0.142. The molecule has 0 aromatic heterocycles. The lowest BCUT2D eigenvalue weighted by atomic mass is 9.52. The summed E-state index contributed by atoms with van der Waals surface area (Å²) >= 11 is 5.49. The molecule has 1 spiro atoms. The fraction of sp³-hybridized carbons (Fsp3) is 0.294. The molecule has 3 nitrogen and oxygen atoms in total. The Morgan fingerprint density at radius 2 is 1.23 bits per heavy atom. The molecule has 6 aromatic rings. The van der Waals surface area contributed by atoms with E-state index in [9.17, 15) is 0 Å². The summed E-state index contributed by atoms with van der Waals surface area (Å²) in [6.45, 7) is 9.96. The van der Waals surface area contributed by atoms with Gasteiger partial charge in [-0.2, -0.15) is 0 Å². The van der Waals surface area contributed by atoms with Crippen LogP contribution in [0.25, 0.3) is 28.0 Å². The third-order valence-electron chi connectivity index (χ3n) is 12.3. The fourth-order valence-corrected chi connectivity index (χ4v) is 13.0. The molecule has 0 radical (unpaired) electrons. The molecule has 6 aromatic carbocycles. The highest BCUT2D eigenvalue weighted by Gasteiger charge is 2.55. The van der Waals surface area contributed by atoms with E-state index >= 15 is 0 Å². The number of ether oxygens (including phenoxy) is 3. The maximum absolute atomic E-state index is 7.83. The van der Waals surface area contributed by atoms with E-state index in [2.05, 4.69) is 137 Å². The molecule has 2 aliphatic carbocycles. The topological polar surface area (TPSA) is 27.7 Å². The SMILES string of the molecule is COc1ccc(C2(c3ccc(OC)cc3)C=Cc3c4c(c5cc(Sc6ccccc6)c(SC)cc5c3O2)-c2ccc(SC)cc2C42CC(C)(C)CC(C)(C)C2)cc1. The summed E-state index contributed by atoms with van der Waals surface area (Å²) in [5, 5.41) is 2.40. The van der Waals surface area contributed by atoms with Gasteiger partial charge in [0.1, 0.15) is 17.2 Å². The Kier molecular flexibility index (Phi) is 9.57. The van der Waals surface area contributed by atoms with Crippen LogP contribution in [0.5, 0.6) is 17.2 Å². The summed E-state index contributed by atoms with van der Waals surface area (Å²) in [7, 11) is 3.43. The Labute approximate surface area is 351 Å². The van der Waals surface area contributed by atoms with Gasteiger partial charge < -0.3 is 14.2 Å². The standard InChI is InChI=1S/C51H50O3S3/c1-48(2)29-49(3,4)31-50(30-48)42-26-37(55-7)22-23-38(42)45-40-27-44(57-36-12-10-9-11-13-36)43(56-8)28-41(40)47-39(46(45)50)24-25-51(54-47,32-14-18-34(52-5)19-15-32)33-16-20-35(53-6)21-17-33/h9-28H,29-31H2,1-8H3. The van der Waals surface area contributed by atoms with Crippen LogP contribution < -0.4 is 14.2 Å². The van der Waals surface area contributed by atoms with Crippen molar-refractivity contribution in [2.75, 3.05) is 26.7 Å². The molecule has 290 valence electrons. The second kappa shape index (κ2) is 14.2. The van der Waals surface area contributed by atoms with E-state index < -0.39 is 5.60 Å². The van der Waals surface area contributed by atoms with E-state index in [1.165, 1.54) is 59.2 Å². The Morgan fingerprint density at radius 1 is 0.614 bits per heavy atom. The third kappa shape index (κ3) is 6.38. The summed E-state index contributed by atoms with van der Waals surface area (Å²) in [4.78, 5) is 5.05. The normalized spacial score (nSPS) is 17.8. The lowest BCUT2D eigenvalue weighted by Gasteiger charge is -2.52. The van der Waals surface area contributed by atoms with Gasteiger partial charge in [-0.15, -0.1) is 23.5 Å². The first kappa shape index (κ1) is 38.3. The summed E-state index contributed by atoms with van der Waals surface area (Å²) in [6, 6.07) is 39.7. The molecule has 3 aliphatic rings. The zero-order chi connectivity index (χ0) is 39.7. The summed E-state index contributed by atoms with van der Waals surface area (Å²) < 4.78 is 19.1. The van der Waals surface area contributed by atoms with Crippen molar-refractivity contribution in [3.8, 4) is 28.4 Å². The summed E-state index contributed by atoms with van der Waals surface area (Å²) in [6.07, 6.45) is 12.4. The van der Waals surface area contributed by atoms with E-state index in [-0.39, 0.29) is 16.2 Å². The number of hydrogen-bond acceptors (Lipinski definition) is 6. The van der Waals surface area contributed by atoms with Crippen molar-refractivity contribution in [1.29, 1.82) is 0 Å². The lowest BCUT2D eigenvalue weighted by molar-refractivity contribution is 0.0641. The zero-order valence-corrected chi connectivity index (χ0v) is 36.6. The first-order valence-corrected chi connectivity index (χ1v) is 23.0. The fourth-order valence-electron chi connectivity index (χ4n) is 10.8. The van der Waals surface area contributed by atoms with E-state index in [0.717, 1.165) is 46.6 Å². The lowest BCUT2D eigenvalue weighted by Crippen LogP contribution is -2.44. The molecule has 1 aliphatic heterocycles. The third-order valence-corrected chi connectivity index (χ3v) is 15.0. The molecule has 1 saturated carbocycles. The van der Waals surface area contributed by atoms with Crippen molar-refractivity contribution in [3.05, 3.63) is 143 Å². The van der Waals surface area contributed by atoms with Gasteiger partial charge in [-0.3, -0.25) is 0 Å². The molecule has 0 saturated heterocycles. The summed E-state index contributed by atoms with van der Waals surface area (Å²) in [5.74, 6) is 2.57. The highest BCUT2D eigenvalue weighted by atomic mass is 32.2. The Balaban J connectivity index is 1.40. The largest absolute Gasteiger partial charge is 0.497 e. The molecule has 0 amide bonds. The molecule has 9 rings (SSSR count).